The Balaban J connectivity index is 2.20. The molecular formula is C16H23N3. The topological polar surface area (TPSA) is 50.9 Å². The lowest BCUT2D eigenvalue weighted by Crippen LogP contribution is -2.25. The second kappa shape index (κ2) is 5.08. The van der Waals surface area contributed by atoms with Gasteiger partial charge in [0.2, 0.25) is 0 Å². The molecule has 0 radical (unpaired) electrons. The molecule has 1 unspecified atom stereocenters. The van der Waals surface area contributed by atoms with Gasteiger partial charge in [0, 0.05) is 18.1 Å². The molecule has 0 saturated heterocycles. The summed E-state index contributed by atoms with van der Waals surface area (Å²) >= 11 is 0. The van der Waals surface area contributed by atoms with E-state index < -0.39 is 0 Å². The van der Waals surface area contributed by atoms with E-state index in [0.29, 0.717) is 11.3 Å². The number of nitrogen functional groups attached to an aromatic ring is 1. The molecule has 0 amide bonds. The van der Waals surface area contributed by atoms with E-state index in [1.807, 2.05) is 24.3 Å². The summed E-state index contributed by atoms with van der Waals surface area (Å²) in [5.74, 6) is 0.566. The highest BCUT2D eigenvalue weighted by molar-refractivity contribution is 5.96. The largest absolute Gasteiger partial charge is 0.397 e. The van der Waals surface area contributed by atoms with Crippen LogP contribution in [0.25, 0.3) is 10.9 Å². The van der Waals surface area contributed by atoms with Gasteiger partial charge in [-0.3, -0.25) is 4.98 Å². The standard InChI is InChI=1S/C16H23N3/c1-11(16(2,3)4)10-19-14-8-7-13-12(15(14)17)6-5-9-18-13/h5-9,11,19H,10,17H2,1-4H3. The Bertz CT molecular complexity index is 570. The van der Waals surface area contributed by atoms with Crippen molar-refractivity contribution in [2.45, 2.75) is 27.7 Å². The zero-order valence-corrected chi connectivity index (χ0v) is 12.2. The summed E-state index contributed by atoms with van der Waals surface area (Å²) in [6, 6.07) is 7.95. The number of rotatable bonds is 3. The molecule has 2 aromatic rings. The van der Waals surface area contributed by atoms with Gasteiger partial charge < -0.3 is 11.1 Å². The molecule has 0 aliphatic heterocycles. The smallest absolute Gasteiger partial charge is 0.0724 e. The van der Waals surface area contributed by atoms with Crippen LogP contribution in [-0.2, 0) is 0 Å². The van der Waals surface area contributed by atoms with Crippen LogP contribution in [0.3, 0.4) is 0 Å². The van der Waals surface area contributed by atoms with Crippen LogP contribution in [0.15, 0.2) is 30.5 Å². The van der Waals surface area contributed by atoms with Crippen molar-refractivity contribution in [1.82, 2.24) is 4.98 Å². The van der Waals surface area contributed by atoms with Crippen LogP contribution in [0.5, 0.6) is 0 Å². The molecule has 0 fully saturated rings. The molecule has 0 aliphatic rings. The van der Waals surface area contributed by atoms with Crippen LogP contribution in [0.1, 0.15) is 27.7 Å². The van der Waals surface area contributed by atoms with E-state index >= 15 is 0 Å². The molecule has 0 spiro atoms. The maximum absolute atomic E-state index is 6.21. The lowest BCUT2D eigenvalue weighted by atomic mass is 9.82. The molecule has 1 heterocycles. The average Bonchev–Trinajstić information content (AvgIpc) is 2.37. The van der Waals surface area contributed by atoms with E-state index in [-0.39, 0.29) is 0 Å². The maximum Gasteiger partial charge on any atom is 0.0724 e. The molecule has 3 N–H and O–H groups in total. The van der Waals surface area contributed by atoms with Crippen LogP contribution in [0, 0.1) is 11.3 Å². The van der Waals surface area contributed by atoms with Gasteiger partial charge in [-0.05, 0) is 35.6 Å². The number of nitrogens with one attached hydrogen (secondary N) is 1. The van der Waals surface area contributed by atoms with E-state index in [2.05, 4.69) is 38.0 Å². The van der Waals surface area contributed by atoms with Gasteiger partial charge >= 0.3 is 0 Å². The minimum absolute atomic E-state index is 0.292. The minimum Gasteiger partial charge on any atom is -0.397 e. The van der Waals surface area contributed by atoms with Gasteiger partial charge in [0.05, 0.1) is 16.9 Å². The highest BCUT2D eigenvalue weighted by Gasteiger charge is 2.19. The SMILES string of the molecule is CC(CNc1ccc2ncccc2c1N)C(C)(C)C. The summed E-state index contributed by atoms with van der Waals surface area (Å²) < 4.78 is 0. The zero-order valence-electron chi connectivity index (χ0n) is 12.2. The van der Waals surface area contributed by atoms with Crippen LogP contribution < -0.4 is 11.1 Å². The molecule has 0 saturated carbocycles. The Hall–Kier alpha value is -1.77. The summed E-state index contributed by atoms with van der Waals surface area (Å²) in [5.41, 5.74) is 9.22. The second-order valence-corrected chi connectivity index (χ2v) is 6.24. The number of fused-ring (bicyclic) bond motifs is 1. The highest BCUT2D eigenvalue weighted by Crippen LogP contribution is 2.29. The Labute approximate surface area is 115 Å². The molecule has 1 aromatic carbocycles. The molecule has 0 aliphatic carbocycles. The van der Waals surface area contributed by atoms with Crippen molar-refractivity contribution >= 4 is 22.3 Å². The van der Waals surface area contributed by atoms with Gasteiger partial charge in [0.15, 0.2) is 0 Å². The molecule has 3 heteroatoms. The summed E-state index contributed by atoms with van der Waals surface area (Å²) in [4.78, 5) is 4.31. The first kappa shape index (κ1) is 13.7. The fourth-order valence-electron chi connectivity index (χ4n) is 1.90. The van der Waals surface area contributed by atoms with Gasteiger partial charge in [-0.25, -0.2) is 0 Å². The van der Waals surface area contributed by atoms with E-state index in [0.717, 1.165) is 28.8 Å². The predicted molar refractivity (Wildman–Crippen MR) is 83.3 cm³/mol. The molecule has 1 aromatic heterocycles. The Kier molecular flexibility index (Phi) is 3.65. The third-order valence-electron chi connectivity index (χ3n) is 3.90. The average molecular weight is 257 g/mol. The number of nitrogens with zero attached hydrogens (tertiary/aromatic N) is 1. The molecule has 1 atom stereocenters. The van der Waals surface area contributed by atoms with E-state index in [1.54, 1.807) is 6.20 Å². The van der Waals surface area contributed by atoms with Crippen molar-refractivity contribution in [2.24, 2.45) is 11.3 Å². The summed E-state index contributed by atoms with van der Waals surface area (Å²) in [7, 11) is 0. The quantitative estimate of drug-likeness (QED) is 0.820. The first-order valence-electron chi connectivity index (χ1n) is 6.76. The molecule has 102 valence electrons. The highest BCUT2D eigenvalue weighted by atomic mass is 14.9. The molecule has 2 rings (SSSR count). The normalized spacial score (nSPS) is 13.5. The third kappa shape index (κ3) is 2.98. The van der Waals surface area contributed by atoms with Crippen molar-refractivity contribution in [2.75, 3.05) is 17.6 Å². The van der Waals surface area contributed by atoms with Crippen LogP contribution in [-0.4, -0.2) is 11.5 Å². The monoisotopic (exact) mass is 257 g/mol. The predicted octanol–water partition coefficient (Wildman–Crippen LogP) is 3.91. The first-order chi connectivity index (χ1) is 8.89. The molecule has 0 bridgehead atoms. The van der Waals surface area contributed by atoms with E-state index in [9.17, 15) is 0 Å². The van der Waals surface area contributed by atoms with Crippen molar-refractivity contribution in [3.8, 4) is 0 Å². The summed E-state index contributed by atoms with van der Waals surface area (Å²) in [6.07, 6.45) is 1.79. The van der Waals surface area contributed by atoms with Crippen LogP contribution in [0.2, 0.25) is 0 Å². The maximum atomic E-state index is 6.21. The lowest BCUT2D eigenvalue weighted by Gasteiger charge is -2.28. The summed E-state index contributed by atoms with van der Waals surface area (Å²) in [5, 5.41) is 4.47. The fourth-order valence-corrected chi connectivity index (χ4v) is 1.90. The van der Waals surface area contributed by atoms with Gasteiger partial charge in [-0.2, -0.15) is 0 Å². The van der Waals surface area contributed by atoms with Crippen LogP contribution in [0.4, 0.5) is 11.4 Å². The Morgan fingerprint density at radius 2 is 2.00 bits per heavy atom. The molecular weight excluding hydrogens is 234 g/mol. The lowest BCUT2D eigenvalue weighted by molar-refractivity contribution is 0.274. The van der Waals surface area contributed by atoms with Gasteiger partial charge in [0.25, 0.3) is 0 Å². The number of pyridine rings is 1. The third-order valence-corrected chi connectivity index (χ3v) is 3.90. The number of benzene rings is 1. The minimum atomic E-state index is 0.292. The van der Waals surface area contributed by atoms with Crippen molar-refractivity contribution < 1.29 is 0 Å². The van der Waals surface area contributed by atoms with Crippen molar-refractivity contribution in [1.29, 1.82) is 0 Å². The number of hydrogen-bond acceptors (Lipinski definition) is 3. The first-order valence-corrected chi connectivity index (χ1v) is 6.76. The number of hydrogen-bond donors (Lipinski definition) is 2. The van der Waals surface area contributed by atoms with Gasteiger partial charge in [0.1, 0.15) is 0 Å². The van der Waals surface area contributed by atoms with Crippen LogP contribution >= 0.6 is 0 Å². The molecule has 3 nitrogen and oxygen atoms in total. The fraction of sp³-hybridized carbons (Fsp3) is 0.438. The number of aromatic nitrogens is 1. The van der Waals surface area contributed by atoms with Gasteiger partial charge in [-0.15, -0.1) is 0 Å². The number of anilines is 2. The Morgan fingerprint density at radius 3 is 2.68 bits per heavy atom. The van der Waals surface area contributed by atoms with Crippen molar-refractivity contribution in [3.05, 3.63) is 30.5 Å². The van der Waals surface area contributed by atoms with Gasteiger partial charge in [-0.1, -0.05) is 27.7 Å². The number of nitrogens with two attached hydrogens (primary N) is 1. The summed E-state index contributed by atoms with van der Waals surface area (Å²) in [6.45, 7) is 9.94. The van der Waals surface area contributed by atoms with Crippen molar-refractivity contribution in [3.63, 3.8) is 0 Å². The van der Waals surface area contributed by atoms with E-state index in [1.165, 1.54) is 0 Å². The Morgan fingerprint density at radius 1 is 1.26 bits per heavy atom. The zero-order chi connectivity index (χ0) is 14.0. The molecule has 19 heavy (non-hydrogen) atoms. The van der Waals surface area contributed by atoms with E-state index in [4.69, 9.17) is 5.73 Å². The second-order valence-electron chi connectivity index (χ2n) is 6.24.